The molecule has 0 aliphatic heterocycles. The van der Waals surface area contributed by atoms with Crippen LogP contribution in [0.15, 0.2) is 12.1 Å². The summed E-state index contributed by atoms with van der Waals surface area (Å²) in [6.07, 6.45) is 0. The highest BCUT2D eigenvalue weighted by Crippen LogP contribution is 2.32. The van der Waals surface area contributed by atoms with Crippen molar-refractivity contribution < 1.29 is 19.4 Å². The SMILES string of the molecule is COc1cc(C)c(C(N)C(N)C(=O)O)cc1OC. The molecule has 0 aromatic heterocycles. The molecule has 6 nitrogen and oxygen atoms in total. The molecule has 0 heterocycles. The summed E-state index contributed by atoms with van der Waals surface area (Å²) in [4.78, 5) is 10.8. The highest BCUT2D eigenvalue weighted by Gasteiger charge is 2.24. The highest BCUT2D eigenvalue weighted by atomic mass is 16.5. The molecule has 0 aliphatic rings. The van der Waals surface area contributed by atoms with Crippen molar-refractivity contribution in [1.82, 2.24) is 0 Å². The van der Waals surface area contributed by atoms with Crippen LogP contribution >= 0.6 is 0 Å². The van der Waals surface area contributed by atoms with Gasteiger partial charge < -0.3 is 26.0 Å². The quantitative estimate of drug-likeness (QED) is 0.703. The maximum absolute atomic E-state index is 10.8. The Morgan fingerprint density at radius 1 is 1.22 bits per heavy atom. The Balaban J connectivity index is 3.20. The molecular formula is C12H18N2O4. The number of nitrogens with two attached hydrogens (primary N) is 2. The van der Waals surface area contributed by atoms with E-state index in [1.54, 1.807) is 12.1 Å². The Morgan fingerprint density at radius 3 is 2.17 bits per heavy atom. The molecule has 1 aromatic carbocycles. The van der Waals surface area contributed by atoms with Gasteiger partial charge in [0.1, 0.15) is 6.04 Å². The zero-order valence-corrected chi connectivity index (χ0v) is 10.6. The third-order valence-electron chi connectivity index (χ3n) is 2.80. The van der Waals surface area contributed by atoms with Gasteiger partial charge in [-0.2, -0.15) is 0 Å². The smallest absolute Gasteiger partial charge is 0.322 e. The normalized spacial score (nSPS) is 13.8. The first kappa shape index (κ1) is 14.3. The molecule has 1 aromatic rings. The molecule has 18 heavy (non-hydrogen) atoms. The number of aryl methyl sites for hydroxylation is 1. The summed E-state index contributed by atoms with van der Waals surface area (Å²) in [5, 5.41) is 8.87. The number of benzene rings is 1. The standard InChI is InChI=1S/C12H18N2O4/c1-6-4-8(17-2)9(18-3)5-7(6)10(13)11(14)12(15)16/h4-5,10-11H,13-14H2,1-3H3,(H,15,16). The van der Waals surface area contributed by atoms with E-state index in [0.717, 1.165) is 5.56 Å². The molecule has 6 heteroatoms. The lowest BCUT2D eigenvalue weighted by Gasteiger charge is -2.20. The van der Waals surface area contributed by atoms with Crippen molar-refractivity contribution in [2.24, 2.45) is 11.5 Å². The number of methoxy groups -OCH3 is 2. The lowest BCUT2D eigenvalue weighted by atomic mass is 9.96. The van der Waals surface area contributed by atoms with E-state index in [9.17, 15) is 4.79 Å². The second-order valence-corrected chi connectivity index (χ2v) is 3.95. The van der Waals surface area contributed by atoms with E-state index in [4.69, 9.17) is 26.0 Å². The van der Waals surface area contributed by atoms with Gasteiger partial charge >= 0.3 is 5.97 Å². The van der Waals surface area contributed by atoms with Crippen molar-refractivity contribution in [2.75, 3.05) is 14.2 Å². The van der Waals surface area contributed by atoms with Crippen molar-refractivity contribution in [1.29, 1.82) is 0 Å². The van der Waals surface area contributed by atoms with Crippen LogP contribution in [0.1, 0.15) is 17.2 Å². The number of carboxylic acid groups (broad SMARTS) is 1. The van der Waals surface area contributed by atoms with E-state index >= 15 is 0 Å². The van der Waals surface area contributed by atoms with E-state index in [-0.39, 0.29) is 0 Å². The molecule has 0 spiro atoms. The third-order valence-corrected chi connectivity index (χ3v) is 2.80. The summed E-state index contributed by atoms with van der Waals surface area (Å²) in [6.45, 7) is 1.81. The summed E-state index contributed by atoms with van der Waals surface area (Å²) in [7, 11) is 3.03. The summed E-state index contributed by atoms with van der Waals surface area (Å²) in [5.41, 5.74) is 12.8. The molecule has 1 rings (SSSR count). The third kappa shape index (κ3) is 2.72. The summed E-state index contributed by atoms with van der Waals surface area (Å²) >= 11 is 0. The lowest BCUT2D eigenvalue weighted by molar-refractivity contribution is -0.139. The largest absolute Gasteiger partial charge is 0.493 e. The van der Waals surface area contributed by atoms with Gasteiger partial charge in [0.05, 0.1) is 20.3 Å². The van der Waals surface area contributed by atoms with Crippen molar-refractivity contribution in [3.05, 3.63) is 23.3 Å². The van der Waals surface area contributed by atoms with Crippen molar-refractivity contribution in [2.45, 2.75) is 19.0 Å². The van der Waals surface area contributed by atoms with Crippen LogP contribution in [0.2, 0.25) is 0 Å². The van der Waals surface area contributed by atoms with Gasteiger partial charge in [0.25, 0.3) is 0 Å². The van der Waals surface area contributed by atoms with Gasteiger partial charge in [-0.25, -0.2) is 0 Å². The monoisotopic (exact) mass is 254 g/mol. The zero-order valence-electron chi connectivity index (χ0n) is 10.6. The minimum Gasteiger partial charge on any atom is -0.493 e. The topological polar surface area (TPSA) is 108 Å². The maximum atomic E-state index is 10.8. The van der Waals surface area contributed by atoms with Gasteiger partial charge in [0.2, 0.25) is 0 Å². The maximum Gasteiger partial charge on any atom is 0.322 e. The highest BCUT2D eigenvalue weighted by molar-refractivity contribution is 5.74. The first-order valence-electron chi connectivity index (χ1n) is 5.38. The second kappa shape index (κ2) is 5.70. The van der Waals surface area contributed by atoms with Crippen LogP contribution in [0.25, 0.3) is 0 Å². The van der Waals surface area contributed by atoms with Gasteiger partial charge in [-0.15, -0.1) is 0 Å². The Morgan fingerprint density at radius 2 is 1.72 bits per heavy atom. The van der Waals surface area contributed by atoms with Gasteiger partial charge in [-0.1, -0.05) is 0 Å². The number of ether oxygens (including phenoxy) is 2. The molecule has 0 bridgehead atoms. The second-order valence-electron chi connectivity index (χ2n) is 3.95. The van der Waals surface area contributed by atoms with Gasteiger partial charge in [-0.05, 0) is 30.2 Å². The predicted molar refractivity (Wildman–Crippen MR) is 66.8 cm³/mol. The number of carboxylic acids is 1. The average molecular weight is 254 g/mol. The minimum absolute atomic E-state index is 0.492. The molecule has 5 N–H and O–H groups in total. The summed E-state index contributed by atoms with van der Waals surface area (Å²) in [6, 6.07) is 1.42. The van der Waals surface area contributed by atoms with Gasteiger partial charge in [-0.3, -0.25) is 4.79 Å². The van der Waals surface area contributed by atoms with E-state index < -0.39 is 18.1 Å². The Hall–Kier alpha value is -1.79. The molecule has 0 saturated heterocycles. The molecule has 0 fully saturated rings. The first-order chi connectivity index (χ1) is 8.42. The number of hydrogen-bond acceptors (Lipinski definition) is 5. The molecule has 100 valence electrons. The van der Waals surface area contributed by atoms with Crippen LogP contribution in [-0.2, 0) is 4.79 Å². The lowest BCUT2D eigenvalue weighted by Crippen LogP contribution is -2.41. The fourth-order valence-corrected chi connectivity index (χ4v) is 1.70. The van der Waals surface area contributed by atoms with Crippen LogP contribution in [0, 0.1) is 6.92 Å². The van der Waals surface area contributed by atoms with Crippen LogP contribution in [0.3, 0.4) is 0 Å². The fraction of sp³-hybridized carbons (Fsp3) is 0.417. The molecule has 0 aliphatic carbocycles. The Bertz CT molecular complexity index is 448. The van der Waals surface area contributed by atoms with Crippen molar-refractivity contribution in [3.8, 4) is 11.5 Å². The van der Waals surface area contributed by atoms with Crippen LogP contribution in [-0.4, -0.2) is 31.3 Å². The Labute approximate surface area is 105 Å². The van der Waals surface area contributed by atoms with E-state index in [1.807, 2.05) is 6.92 Å². The molecule has 0 saturated carbocycles. The van der Waals surface area contributed by atoms with Crippen LogP contribution < -0.4 is 20.9 Å². The Kier molecular flexibility index (Phi) is 4.52. The average Bonchev–Trinajstić information content (AvgIpc) is 2.36. The molecule has 2 atom stereocenters. The van der Waals surface area contributed by atoms with Crippen molar-refractivity contribution >= 4 is 5.97 Å². The summed E-state index contributed by atoms with van der Waals surface area (Å²) in [5.74, 6) is -0.0855. The number of rotatable bonds is 5. The van der Waals surface area contributed by atoms with E-state index in [1.165, 1.54) is 14.2 Å². The van der Waals surface area contributed by atoms with Crippen molar-refractivity contribution in [3.63, 3.8) is 0 Å². The van der Waals surface area contributed by atoms with Crippen LogP contribution in [0.4, 0.5) is 0 Å². The molecule has 2 unspecified atom stereocenters. The molecule has 0 radical (unpaired) electrons. The van der Waals surface area contributed by atoms with Gasteiger partial charge in [0.15, 0.2) is 11.5 Å². The zero-order chi connectivity index (χ0) is 13.9. The first-order valence-corrected chi connectivity index (χ1v) is 5.38. The predicted octanol–water partition coefficient (Wildman–Crippen LogP) is 0.424. The number of carbonyl (C=O) groups is 1. The number of aliphatic carboxylic acids is 1. The molecule has 0 amide bonds. The van der Waals surface area contributed by atoms with E-state index in [0.29, 0.717) is 17.1 Å². The minimum atomic E-state index is -1.16. The fourth-order valence-electron chi connectivity index (χ4n) is 1.70. The van der Waals surface area contributed by atoms with Crippen LogP contribution in [0.5, 0.6) is 11.5 Å². The van der Waals surface area contributed by atoms with Gasteiger partial charge in [0, 0.05) is 0 Å². The van der Waals surface area contributed by atoms with E-state index in [2.05, 4.69) is 0 Å². The summed E-state index contributed by atoms with van der Waals surface area (Å²) < 4.78 is 10.3. The number of hydrogen-bond donors (Lipinski definition) is 3. The molecular weight excluding hydrogens is 236 g/mol.